The number of amides is 1. The van der Waals surface area contributed by atoms with Gasteiger partial charge in [-0.05, 0) is 75.2 Å². The Morgan fingerprint density at radius 2 is 1.82 bits per heavy atom. The average molecular weight is 474 g/mol. The third-order valence-corrected chi connectivity index (χ3v) is 5.16. The molecule has 1 aromatic carbocycles. The Morgan fingerprint density at radius 3 is 2.32 bits per heavy atom. The molecule has 2 aromatic heterocycles. The van der Waals surface area contributed by atoms with Crippen molar-refractivity contribution in [2.24, 2.45) is 0 Å². The Kier molecular flexibility index (Phi) is 7.67. The maximum atomic E-state index is 13.0. The molecule has 1 saturated heterocycles. The summed E-state index contributed by atoms with van der Waals surface area (Å²) in [5.74, 6) is -1.10. The number of halogens is 3. The number of rotatable bonds is 3. The third kappa shape index (κ3) is 5.79. The van der Waals surface area contributed by atoms with Crippen LogP contribution in [0.4, 0.5) is 24.7 Å². The number of carbonyl (C=O) groups is 1. The molecular formula is C23H25F3N6O2. The van der Waals surface area contributed by atoms with Gasteiger partial charge in [0, 0.05) is 6.20 Å². The summed E-state index contributed by atoms with van der Waals surface area (Å²) >= 11 is 0. The Balaban J connectivity index is 0.000000574. The third-order valence-electron chi connectivity index (χ3n) is 5.16. The maximum Gasteiger partial charge on any atom is 0.416 e. The minimum Gasteiger partial charge on any atom is -0.383 e. The highest BCUT2D eigenvalue weighted by Crippen LogP contribution is 2.32. The fourth-order valence-corrected chi connectivity index (χ4v) is 3.59. The lowest BCUT2D eigenvalue weighted by Crippen LogP contribution is -2.31. The van der Waals surface area contributed by atoms with E-state index in [1.807, 2.05) is 0 Å². The smallest absolute Gasteiger partial charge is 0.383 e. The van der Waals surface area contributed by atoms with Crippen LogP contribution in [0.3, 0.4) is 0 Å². The van der Waals surface area contributed by atoms with Gasteiger partial charge in [-0.2, -0.15) is 13.2 Å². The van der Waals surface area contributed by atoms with Gasteiger partial charge in [-0.1, -0.05) is 0 Å². The summed E-state index contributed by atoms with van der Waals surface area (Å²) in [6, 6.07) is 5.02. The molecule has 3 heterocycles. The summed E-state index contributed by atoms with van der Waals surface area (Å²) in [6.45, 7) is 5.38. The minimum absolute atomic E-state index is 0.199. The molecule has 0 bridgehead atoms. The summed E-state index contributed by atoms with van der Waals surface area (Å²) in [5.41, 5.74) is 4.62. The molecule has 1 fully saturated rings. The molecule has 8 nitrogen and oxygen atoms in total. The highest BCUT2D eigenvalue weighted by Gasteiger charge is 2.32. The van der Waals surface area contributed by atoms with Crippen molar-refractivity contribution in [2.45, 2.75) is 32.9 Å². The molecule has 3 aromatic rings. The monoisotopic (exact) mass is 474 g/mol. The molecule has 0 saturated carbocycles. The molecule has 4 N–H and O–H groups in total. The Morgan fingerprint density at radius 1 is 1.18 bits per heavy atom. The van der Waals surface area contributed by atoms with E-state index in [9.17, 15) is 22.8 Å². The second-order valence-electron chi connectivity index (χ2n) is 7.79. The first-order valence-corrected chi connectivity index (χ1v) is 10.6. The topological polar surface area (TPSA) is 115 Å². The minimum atomic E-state index is -4.52. The van der Waals surface area contributed by atoms with Gasteiger partial charge in [-0.3, -0.25) is 19.1 Å². The number of alkyl halides is 3. The van der Waals surface area contributed by atoms with E-state index < -0.39 is 28.8 Å². The van der Waals surface area contributed by atoms with Gasteiger partial charge in [0.15, 0.2) is 0 Å². The number of nitrogens with zero attached hydrogens (tertiary/aromatic N) is 3. The maximum absolute atomic E-state index is 13.0. The van der Waals surface area contributed by atoms with Crippen molar-refractivity contribution in [1.82, 2.24) is 19.9 Å². The predicted octanol–water partition coefficient (Wildman–Crippen LogP) is 3.47. The second kappa shape index (κ2) is 10.5. The predicted molar refractivity (Wildman–Crippen MR) is 123 cm³/mol. The van der Waals surface area contributed by atoms with Crippen LogP contribution in [0.15, 0.2) is 47.8 Å². The van der Waals surface area contributed by atoms with Crippen molar-refractivity contribution in [1.29, 1.82) is 0 Å². The van der Waals surface area contributed by atoms with Crippen molar-refractivity contribution in [3.8, 4) is 5.69 Å². The van der Waals surface area contributed by atoms with Crippen LogP contribution >= 0.6 is 0 Å². The SMILES string of the molecule is C1CCNC1.Cc1cc(C(F)(F)F)cc(C)c1-n1cnc(N)c(C(=O)Nc2cccnc2)c1=O. The number of carbonyl (C=O) groups excluding carboxylic acids is 1. The molecule has 0 unspecified atom stereocenters. The Bertz CT molecular complexity index is 1190. The molecule has 180 valence electrons. The molecule has 0 atom stereocenters. The zero-order valence-electron chi connectivity index (χ0n) is 18.7. The van der Waals surface area contributed by atoms with Gasteiger partial charge in [0.05, 0.1) is 23.1 Å². The van der Waals surface area contributed by atoms with Crippen LogP contribution in [0.5, 0.6) is 0 Å². The number of pyridine rings is 1. The largest absolute Gasteiger partial charge is 0.416 e. The van der Waals surface area contributed by atoms with Gasteiger partial charge in [0.2, 0.25) is 0 Å². The van der Waals surface area contributed by atoms with Crippen molar-refractivity contribution in [3.63, 3.8) is 0 Å². The van der Waals surface area contributed by atoms with E-state index in [2.05, 4.69) is 20.6 Å². The lowest BCUT2D eigenvalue weighted by atomic mass is 10.0. The van der Waals surface area contributed by atoms with Crippen molar-refractivity contribution >= 4 is 17.4 Å². The molecule has 0 spiro atoms. The van der Waals surface area contributed by atoms with Crippen LogP contribution in [-0.2, 0) is 6.18 Å². The molecule has 11 heteroatoms. The van der Waals surface area contributed by atoms with E-state index in [1.165, 1.54) is 52.2 Å². The molecule has 4 rings (SSSR count). The Labute approximate surface area is 194 Å². The first-order chi connectivity index (χ1) is 16.1. The van der Waals surface area contributed by atoms with Crippen LogP contribution in [0.25, 0.3) is 5.69 Å². The van der Waals surface area contributed by atoms with E-state index in [0.717, 1.165) is 23.0 Å². The van der Waals surface area contributed by atoms with Crippen molar-refractivity contribution in [3.05, 3.63) is 75.6 Å². The zero-order valence-corrected chi connectivity index (χ0v) is 18.7. The molecule has 0 aliphatic carbocycles. The highest BCUT2D eigenvalue weighted by molar-refractivity contribution is 6.06. The van der Waals surface area contributed by atoms with Gasteiger partial charge < -0.3 is 16.4 Å². The second-order valence-corrected chi connectivity index (χ2v) is 7.79. The van der Waals surface area contributed by atoms with E-state index >= 15 is 0 Å². The summed E-state index contributed by atoms with van der Waals surface area (Å²) in [4.78, 5) is 33.3. The van der Waals surface area contributed by atoms with Crippen molar-refractivity contribution < 1.29 is 18.0 Å². The van der Waals surface area contributed by atoms with E-state index in [1.54, 1.807) is 12.1 Å². The number of nitrogen functional groups attached to an aromatic ring is 1. The van der Waals surface area contributed by atoms with Gasteiger partial charge in [0.25, 0.3) is 11.5 Å². The van der Waals surface area contributed by atoms with Crippen LogP contribution in [0, 0.1) is 13.8 Å². The fourth-order valence-electron chi connectivity index (χ4n) is 3.59. The highest BCUT2D eigenvalue weighted by atomic mass is 19.4. The van der Waals surface area contributed by atoms with Gasteiger partial charge in [-0.15, -0.1) is 0 Å². The number of anilines is 2. The van der Waals surface area contributed by atoms with E-state index in [-0.39, 0.29) is 22.6 Å². The van der Waals surface area contributed by atoms with Gasteiger partial charge in [-0.25, -0.2) is 4.98 Å². The number of nitrogens with two attached hydrogens (primary N) is 1. The summed E-state index contributed by atoms with van der Waals surface area (Å²) < 4.78 is 40.1. The van der Waals surface area contributed by atoms with Crippen LogP contribution in [0.1, 0.15) is 39.9 Å². The van der Waals surface area contributed by atoms with Gasteiger partial charge in [0.1, 0.15) is 17.7 Å². The zero-order chi connectivity index (χ0) is 24.9. The number of aryl methyl sites for hydroxylation is 2. The molecule has 0 radical (unpaired) electrons. The number of hydrogen-bond acceptors (Lipinski definition) is 6. The number of nitrogens with one attached hydrogen (secondary N) is 2. The molecule has 34 heavy (non-hydrogen) atoms. The average Bonchev–Trinajstić information content (AvgIpc) is 3.35. The first kappa shape index (κ1) is 24.9. The quantitative estimate of drug-likeness (QED) is 0.536. The van der Waals surface area contributed by atoms with Crippen LogP contribution < -0.4 is 21.9 Å². The molecule has 1 aliphatic rings. The standard InChI is InChI=1S/C19H16F3N5O2.C4H9N/c1-10-6-12(19(20,21)22)7-11(2)15(10)27-9-25-16(23)14(18(27)29)17(28)26-13-4-3-5-24-8-13;1-2-4-5-3-1/h3-9H,23H2,1-2H3,(H,26,28);5H,1-4H2. The lowest BCUT2D eigenvalue weighted by Gasteiger charge is -2.17. The number of hydrogen-bond donors (Lipinski definition) is 3. The van der Waals surface area contributed by atoms with E-state index in [0.29, 0.717) is 5.69 Å². The number of aromatic nitrogens is 3. The molecular weight excluding hydrogens is 449 g/mol. The summed E-state index contributed by atoms with van der Waals surface area (Å²) in [6.07, 6.45) is 2.23. The van der Waals surface area contributed by atoms with Crippen LogP contribution in [0.2, 0.25) is 0 Å². The first-order valence-electron chi connectivity index (χ1n) is 10.6. The van der Waals surface area contributed by atoms with Crippen LogP contribution in [-0.4, -0.2) is 33.5 Å². The van der Waals surface area contributed by atoms with E-state index in [4.69, 9.17) is 5.73 Å². The summed E-state index contributed by atoms with van der Waals surface area (Å²) in [5, 5.41) is 5.72. The fraction of sp³-hybridized carbons (Fsp3) is 0.304. The molecule has 1 amide bonds. The Hall–Kier alpha value is -3.73. The van der Waals surface area contributed by atoms with Gasteiger partial charge >= 0.3 is 6.18 Å². The van der Waals surface area contributed by atoms with Crippen molar-refractivity contribution in [2.75, 3.05) is 24.1 Å². The summed E-state index contributed by atoms with van der Waals surface area (Å²) in [7, 11) is 0. The number of benzene rings is 1. The molecule has 1 aliphatic heterocycles. The normalized spacial score (nSPS) is 13.2. The lowest BCUT2D eigenvalue weighted by molar-refractivity contribution is -0.137.